The van der Waals surface area contributed by atoms with Crippen molar-refractivity contribution in [3.8, 4) is 0 Å². The molecule has 1 saturated heterocycles. The summed E-state index contributed by atoms with van der Waals surface area (Å²) in [6, 6.07) is 2.02. The SMILES string of the molecule is Cc1ccncc1CNCC1COC(C)(C)O1. The second-order valence-corrected chi connectivity index (χ2v) is 4.88. The summed E-state index contributed by atoms with van der Waals surface area (Å²) < 4.78 is 11.2. The topological polar surface area (TPSA) is 43.4 Å². The van der Waals surface area contributed by atoms with Crippen molar-refractivity contribution in [3.63, 3.8) is 0 Å². The van der Waals surface area contributed by atoms with Crippen molar-refractivity contribution in [2.24, 2.45) is 0 Å². The van der Waals surface area contributed by atoms with E-state index in [0.717, 1.165) is 13.1 Å². The normalized spacial score (nSPS) is 22.9. The number of hydrogen-bond acceptors (Lipinski definition) is 4. The van der Waals surface area contributed by atoms with Gasteiger partial charge in [0, 0.05) is 25.5 Å². The molecular formula is C13H20N2O2. The first-order valence-electron chi connectivity index (χ1n) is 5.99. The Kier molecular flexibility index (Phi) is 3.76. The van der Waals surface area contributed by atoms with Crippen LogP contribution in [0.5, 0.6) is 0 Å². The molecule has 0 spiro atoms. The predicted molar refractivity (Wildman–Crippen MR) is 65.6 cm³/mol. The highest BCUT2D eigenvalue weighted by molar-refractivity contribution is 5.20. The second kappa shape index (κ2) is 5.12. The maximum atomic E-state index is 5.72. The molecule has 0 amide bonds. The fourth-order valence-corrected chi connectivity index (χ4v) is 1.91. The van der Waals surface area contributed by atoms with Crippen LogP contribution in [0.4, 0.5) is 0 Å². The van der Waals surface area contributed by atoms with Crippen LogP contribution in [0.1, 0.15) is 25.0 Å². The van der Waals surface area contributed by atoms with E-state index in [9.17, 15) is 0 Å². The Morgan fingerprint density at radius 1 is 1.53 bits per heavy atom. The summed E-state index contributed by atoms with van der Waals surface area (Å²) in [7, 11) is 0. The molecule has 0 radical (unpaired) electrons. The molecule has 0 aliphatic carbocycles. The Morgan fingerprint density at radius 3 is 3.00 bits per heavy atom. The van der Waals surface area contributed by atoms with Gasteiger partial charge in [0.1, 0.15) is 0 Å². The van der Waals surface area contributed by atoms with Crippen molar-refractivity contribution in [2.75, 3.05) is 13.2 Å². The fourth-order valence-electron chi connectivity index (χ4n) is 1.91. The monoisotopic (exact) mass is 236 g/mol. The van der Waals surface area contributed by atoms with E-state index in [0.29, 0.717) is 6.61 Å². The van der Waals surface area contributed by atoms with Crippen LogP contribution in [0, 0.1) is 6.92 Å². The summed E-state index contributed by atoms with van der Waals surface area (Å²) in [5.74, 6) is -0.434. The lowest BCUT2D eigenvalue weighted by molar-refractivity contribution is -0.137. The van der Waals surface area contributed by atoms with Gasteiger partial charge in [-0.25, -0.2) is 0 Å². The van der Waals surface area contributed by atoms with E-state index in [1.54, 1.807) is 0 Å². The Morgan fingerprint density at radius 2 is 2.35 bits per heavy atom. The Labute approximate surface area is 102 Å². The quantitative estimate of drug-likeness (QED) is 0.863. The maximum absolute atomic E-state index is 5.72. The number of rotatable bonds is 4. The van der Waals surface area contributed by atoms with E-state index in [2.05, 4.69) is 17.2 Å². The van der Waals surface area contributed by atoms with Crippen LogP contribution in [0.3, 0.4) is 0 Å². The van der Waals surface area contributed by atoms with Crippen molar-refractivity contribution in [1.82, 2.24) is 10.3 Å². The molecule has 4 nitrogen and oxygen atoms in total. The fraction of sp³-hybridized carbons (Fsp3) is 0.615. The van der Waals surface area contributed by atoms with Crippen molar-refractivity contribution < 1.29 is 9.47 Å². The molecule has 1 aliphatic rings. The first-order valence-corrected chi connectivity index (χ1v) is 5.99. The highest BCUT2D eigenvalue weighted by Gasteiger charge is 2.32. The van der Waals surface area contributed by atoms with Gasteiger partial charge in [0.25, 0.3) is 0 Å². The number of nitrogens with zero attached hydrogens (tertiary/aromatic N) is 1. The first kappa shape index (κ1) is 12.5. The number of nitrogens with one attached hydrogen (secondary N) is 1. The lowest BCUT2D eigenvalue weighted by Crippen LogP contribution is -2.30. The first-order chi connectivity index (χ1) is 8.07. The third-order valence-corrected chi connectivity index (χ3v) is 2.90. The van der Waals surface area contributed by atoms with Crippen LogP contribution >= 0.6 is 0 Å². The van der Waals surface area contributed by atoms with Gasteiger partial charge in [-0.2, -0.15) is 0 Å². The van der Waals surface area contributed by atoms with Crippen LogP contribution in [-0.4, -0.2) is 30.0 Å². The summed E-state index contributed by atoms with van der Waals surface area (Å²) in [5.41, 5.74) is 2.49. The standard InChI is InChI=1S/C13H20N2O2/c1-10-4-5-14-6-11(10)7-15-8-12-9-16-13(2,3)17-12/h4-6,12,15H,7-9H2,1-3H3. The van der Waals surface area contributed by atoms with E-state index < -0.39 is 5.79 Å². The zero-order valence-corrected chi connectivity index (χ0v) is 10.7. The van der Waals surface area contributed by atoms with Crippen LogP contribution in [0.25, 0.3) is 0 Å². The molecule has 1 atom stereocenters. The van der Waals surface area contributed by atoms with E-state index in [-0.39, 0.29) is 6.10 Å². The van der Waals surface area contributed by atoms with E-state index in [1.165, 1.54) is 11.1 Å². The van der Waals surface area contributed by atoms with Crippen molar-refractivity contribution >= 4 is 0 Å². The lowest BCUT2D eigenvalue weighted by atomic mass is 10.1. The molecule has 0 aromatic carbocycles. The minimum atomic E-state index is -0.434. The molecule has 1 unspecified atom stereocenters. The third-order valence-electron chi connectivity index (χ3n) is 2.90. The zero-order chi connectivity index (χ0) is 12.3. The summed E-state index contributed by atoms with van der Waals surface area (Å²) in [5, 5.41) is 3.38. The van der Waals surface area contributed by atoms with Crippen LogP contribution in [0.2, 0.25) is 0 Å². The van der Waals surface area contributed by atoms with Gasteiger partial charge in [-0.3, -0.25) is 4.98 Å². The van der Waals surface area contributed by atoms with Gasteiger partial charge in [0.2, 0.25) is 0 Å². The van der Waals surface area contributed by atoms with Gasteiger partial charge in [0.15, 0.2) is 5.79 Å². The van der Waals surface area contributed by atoms with E-state index in [4.69, 9.17) is 9.47 Å². The molecule has 2 rings (SSSR count). The van der Waals surface area contributed by atoms with Gasteiger partial charge in [-0.05, 0) is 38.0 Å². The van der Waals surface area contributed by atoms with Crippen LogP contribution in [0.15, 0.2) is 18.5 Å². The number of ether oxygens (including phenoxy) is 2. The lowest BCUT2D eigenvalue weighted by Gasteiger charge is -2.17. The molecule has 1 N–H and O–H groups in total. The van der Waals surface area contributed by atoms with E-state index in [1.807, 2.05) is 32.3 Å². The smallest absolute Gasteiger partial charge is 0.163 e. The Bertz CT molecular complexity index is 379. The van der Waals surface area contributed by atoms with Crippen molar-refractivity contribution in [1.29, 1.82) is 0 Å². The van der Waals surface area contributed by atoms with E-state index >= 15 is 0 Å². The van der Waals surface area contributed by atoms with Gasteiger partial charge >= 0.3 is 0 Å². The van der Waals surface area contributed by atoms with Crippen molar-refractivity contribution in [3.05, 3.63) is 29.6 Å². The summed E-state index contributed by atoms with van der Waals surface area (Å²) in [6.45, 7) is 8.26. The largest absolute Gasteiger partial charge is 0.348 e. The molecular weight excluding hydrogens is 216 g/mol. The highest BCUT2D eigenvalue weighted by atomic mass is 16.7. The van der Waals surface area contributed by atoms with Gasteiger partial charge in [-0.1, -0.05) is 0 Å². The minimum absolute atomic E-state index is 0.141. The summed E-state index contributed by atoms with van der Waals surface area (Å²) in [6.07, 6.45) is 3.86. The van der Waals surface area contributed by atoms with Gasteiger partial charge < -0.3 is 14.8 Å². The molecule has 0 saturated carbocycles. The Balaban J connectivity index is 1.76. The average molecular weight is 236 g/mol. The number of pyridine rings is 1. The molecule has 4 heteroatoms. The van der Waals surface area contributed by atoms with Crippen molar-refractivity contribution in [2.45, 2.75) is 39.2 Å². The highest BCUT2D eigenvalue weighted by Crippen LogP contribution is 2.21. The molecule has 1 fully saturated rings. The van der Waals surface area contributed by atoms with Crippen LogP contribution in [-0.2, 0) is 16.0 Å². The summed E-state index contributed by atoms with van der Waals surface area (Å²) in [4.78, 5) is 4.12. The molecule has 1 aromatic heterocycles. The maximum Gasteiger partial charge on any atom is 0.163 e. The van der Waals surface area contributed by atoms with Crippen LogP contribution < -0.4 is 5.32 Å². The second-order valence-electron chi connectivity index (χ2n) is 4.88. The molecule has 17 heavy (non-hydrogen) atoms. The van der Waals surface area contributed by atoms with Gasteiger partial charge in [-0.15, -0.1) is 0 Å². The Hall–Kier alpha value is -0.970. The third kappa shape index (κ3) is 3.49. The zero-order valence-electron chi connectivity index (χ0n) is 10.7. The summed E-state index contributed by atoms with van der Waals surface area (Å²) >= 11 is 0. The number of aromatic nitrogens is 1. The molecule has 94 valence electrons. The predicted octanol–water partition coefficient (Wildman–Crippen LogP) is 1.63. The molecule has 0 bridgehead atoms. The molecule has 2 heterocycles. The molecule has 1 aromatic rings. The average Bonchev–Trinajstić information content (AvgIpc) is 2.61. The number of aryl methyl sites for hydroxylation is 1. The number of hydrogen-bond donors (Lipinski definition) is 1. The minimum Gasteiger partial charge on any atom is -0.348 e. The van der Waals surface area contributed by atoms with Gasteiger partial charge in [0.05, 0.1) is 12.7 Å². The molecule has 1 aliphatic heterocycles.